The number of piperazine rings is 1. The number of aryl methyl sites for hydroxylation is 1. The van der Waals surface area contributed by atoms with E-state index < -0.39 is 12.1 Å². The number of rotatable bonds is 14. The number of benzene rings is 2. The van der Waals surface area contributed by atoms with Gasteiger partial charge in [0.2, 0.25) is 5.91 Å². The van der Waals surface area contributed by atoms with E-state index in [4.69, 9.17) is 9.98 Å². The number of allylic oxidation sites excluding steroid dienone is 1. The summed E-state index contributed by atoms with van der Waals surface area (Å²) in [5.41, 5.74) is 5.35. The number of aromatic nitrogens is 1. The molecule has 1 aliphatic carbocycles. The number of carbonyl (C=O) groups excluding carboxylic acids is 4. The third-order valence-corrected chi connectivity index (χ3v) is 11.2. The van der Waals surface area contributed by atoms with Crippen molar-refractivity contribution in [2.24, 2.45) is 9.98 Å². The fourth-order valence-corrected chi connectivity index (χ4v) is 8.04. The molecule has 2 aromatic carbocycles. The van der Waals surface area contributed by atoms with Crippen LogP contribution >= 0.6 is 0 Å². The maximum Gasteiger partial charge on any atom is 0.278 e. The minimum atomic E-state index is -0.659. The van der Waals surface area contributed by atoms with Crippen LogP contribution in [0.4, 0.5) is 22.9 Å². The molecule has 59 heavy (non-hydrogen) atoms. The summed E-state index contributed by atoms with van der Waals surface area (Å²) in [6.07, 6.45) is 6.34. The number of anilines is 3. The predicted molar refractivity (Wildman–Crippen MR) is 229 cm³/mol. The van der Waals surface area contributed by atoms with E-state index in [9.17, 15) is 24.3 Å². The first-order chi connectivity index (χ1) is 28.6. The van der Waals surface area contributed by atoms with Crippen molar-refractivity contribution in [3.05, 3.63) is 114 Å². The van der Waals surface area contributed by atoms with Gasteiger partial charge in [-0.15, -0.1) is 6.58 Å². The van der Waals surface area contributed by atoms with Crippen LogP contribution in [0.3, 0.4) is 0 Å². The summed E-state index contributed by atoms with van der Waals surface area (Å²) in [6.45, 7) is 16.4. The Hall–Kier alpha value is -6.45. The third-order valence-electron chi connectivity index (χ3n) is 11.2. The topological polar surface area (TPSA) is 166 Å². The van der Waals surface area contributed by atoms with Crippen molar-refractivity contribution < 1.29 is 24.3 Å². The van der Waals surface area contributed by atoms with E-state index >= 15 is 0 Å². The van der Waals surface area contributed by atoms with E-state index in [1.165, 1.54) is 16.1 Å². The van der Waals surface area contributed by atoms with Gasteiger partial charge in [0.1, 0.15) is 11.6 Å². The lowest BCUT2D eigenvalue weighted by atomic mass is 10.0. The number of aliphatic imine (C=N–C) groups is 2. The number of aliphatic hydroxyl groups excluding tert-OH is 1. The molecule has 0 bridgehead atoms. The number of nitrogens with one attached hydrogen (secondary N) is 2. The lowest BCUT2D eigenvalue weighted by Crippen LogP contribution is -2.50. The van der Waals surface area contributed by atoms with Crippen LogP contribution in [0, 0.1) is 0 Å². The van der Waals surface area contributed by atoms with E-state index in [0.29, 0.717) is 66.5 Å². The highest BCUT2D eigenvalue weighted by molar-refractivity contribution is 6.31. The summed E-state index contributed by atoms with van der Waals surface area (Å²) in [7, 11) is 1.59. The van der Waals surface area contributed by atoms with Gasteiger partial charge in [0.05, 0.1) is 35.2 Å². The van der Waals surface area contributed by atoms with Crippen molar-refractivity contribution >= 4 is 59.4 Å². The molecular formula is C44H50N10O5. The third kappa shape index (κ3) is 8.57. The van der Waals surface area contributed by atoms with Crippen LogP contribution in [0.25, 0.3) is 0 Å². The second-order valence-corrected chi connectivity index (χ2v) is 15.0. The molecule has 15 nitrogen and oxygen atoms in total. The number of piperidine rings is 1. The maximum atomic E-state index is 13.6. The zero-order chi connectivity index (χ0) is 41.6. The number of aldehydes is 1. The molecule has 3 amide bonds. The lowest BCUT2D eigenvalue weighted by molar-refractivity contribution is -0.126. The largest absolute Gasteiger partial charge is 0.387 e. The van der Waals surface area contributed by atoms with E-state index in [1.807, 2.05) is 36.4 Å². The average molecular weight is 799 g/mol. The second-order valence-electron chi connectivity index (χ2n) is 15.0. The summed E-state index contributed by atoms with van der Waals surface area (Å²) in [5, 5.41) is 19.8. The van der Waals surface area contributed by atoms with Crippen molar-refractivity contribution in [1.29, 1.82) is 0 Å². The highest BCUT2D eigenvalue weighted by Crippen LogP contribution is 2.35. The molecule has 2 unspecified atom stereocenters. The molecule has 7 rings (SSSR count). The van der Waals surface area contributed by atoms with Gasteiger partial charge in [-0.1, -0.05) is 24.8 Å². The number of amidine groups is 1. The van der Waals surface area contributed by atoms with Crippen molar-refractivity contribution in [1.82, 2.24) is 25.1 Å². The van der Waals surface area contributed by atoms with Gasteiger partial charge in [0.25, 0.3) is 11.8 Å². The van der Waals surface area contributed by atoms with Crippen LogP contribution < -0.4 is 20.5 Å². The molecule has 3 aliphatic heterocycles. The highest BCUT2D eigenvalue weighted by atomic mass is 16.3. The Morgan fingerprint density at radius 3 is 2.56 bits per heavy atom. The van der Waals surface area contributed by atoms with Gasteiger partial charge in [-0.05, 0) is 93.4 Å². The Morgan fingerprint density at radius 1 is 1.07 bits per heavy atom. The zero-order valence-electron chi connectivity index (χ0n) is 33.3. The molecule has 4 aliphatic rings. The maximum absolute atomic E-state index is 13.6. The zero-order valence-corrected chi connectivity index (χ0v) is 33.3. The Kier molecular flexibility index (Phi) is 12.4. The summed E-state index contributed by atoms with van der Waals surface area (Å²) in [5.74, 6) is -0.138. The van der Waals surface area contributed by atoms with Gasteiger partial charge >= 0.3 is 0 Å². The Labute approximate surface area is 344 Å². The van der Waals surface area contributed by atoms with Crippen LogP contribution in [-0.2, 0) is 16.0 Å². The number of fused-ring (bicyclic) bond motifs is 1. The first-order valence-electron chi connectivity index (χ1n) is 19.9. The number of hydrogen-bond acceptors (Lipinski definition) is 11. The normalized spacial score (nSPS) is 20.8. The number of hydrogen-bond donors (Lipinski definition) is 3. The molecule has 3 saturated heterocycles. The molecule has 2 atom stereocenters. The highest BCUT2D eigenvalue weighted by Gasteiger charge is 2.41. The molecule has 0 radical (unpaired) electrons. The Morgan fingerprint density at radius 2 is 1.85 bits per heavy atom. The first-order valence-corrected chi connectivity index (χ1v) is 19.9. The fraction of sp³-hybridized carbons (Fsp3) is 0.341. The van der Waals surface area contributed by atoms with Crippen molar-refractivity contribution in [2.45, 2.75) is 44.2 Å². The van der Waals surface area contributed by atoms with Gasteiger partial charge in [0, 0.05) is 63.0 Å². The number of nitrogens with zero attached hydrogens (tertiary/aromatic N) is 8. The molecule has 15 heteroatoms. The lowest BCUT2D eigenvalue weighted by Gasteiger charge is -2.36. The number of carbonyl (C=O) groups is 4. The molecule has 4 heterocycles. The molecule has 3 fully saturated rings. The predicted octanol–water partition coefficient (Wildman–Crippen LogP) is 4.43. The van der Waals surface area contributed by atoms with E-state index in [-0.39, 0.29) is 41.0 Å². The SMILES string of the molecule is C=CCN1C(=O)/C(=C/N=C)C(=Nc2ccc(N3CCN(CCCNc4cccc(C(=O)N(C)C5CCC(=C)NC5=O)c4C=O)CC3)cc2)N1c1ccc2c(n1)C(O)CC2. The first kappa shape index (κ1) is 40.7. The minimum absolute atomic E-state index is 0.214. The molecule has 0 spiro atoms. The number of amides is 3. The van der Waals surface area contributed by atoms with Gasteiger partial charge in [-0.25, -0.2) is 20.0 Å². The van der Waals surface area contributed by atoms with E-state index in [1.54, 1.807) is 36.3 Å². The van der Waals surface area contributed by atoms with Crippen LogP contribution in [-0.4, -0.2) is 120 Å². The van der Waals surface area contributed by atoms with Crippen molar-refractivity contribution in [2.75, 3.05) is 68.1 Å². The van der Waals surface area contributed by atoms with E-state index in [2.05, 4.69) is 45.3 Å². The average Bonchev–Trinajstić information content (AvgIpc) is 3.74. The molecule has 0 saturated carbocycles. The van der Waals surface area contributed by atoms with Gasteiger partial charge in [0.15, 0.2) is 17.9 Å². The van der Waals surface area contributed by atoms with Crippen LogP contribution in [0.5, 0.6) is 0 Å². The van der Waals surface area contributed by atoms with Gasteiger partial charge in [-0.3, -0.25) is 29.1 Å². The van der Waals surface area contributed by atoms with Crippen LogP contribution in [0.2, 0.25) is 0 Å². The fourth-order valence-electron chi connectivity index (χ4n) is 8.04. The summed E-state index contributed by atoms with van der Waals surface area (Å²) < 4.78 is 0. The summed E-state index contributed by atoms with van der Waals surface area (Å²) in [4.78, 5) is 71.5. The molecular weight excluding hydrogens is 749 g/mol. The Balaban J connectivity index is 0.948. The summed E-state index contributed by atoms with van der Waals surface area (Å²) >= 11 is 0. The number of hydrazine groups is 1. The monoisotopic (exact) mass is 798 g/mol. The van der Waals surface area contributed by atoms with Crippen molar-refractivity contribution in [3.63, 3.8) is 0 Å². The van der Waals surface area contributed by atoms with Gasteiger partial charge < -0.3 is 25.5 Å². The number of aliphatic hydroxyl groups is 1. The Bertz CT molecular complexity index is 2210. The standard InChI is InChI=1S/C44H50N10O5/c1-5-21-53-44(59)34(27-45-3)41(54(53)39-19-12-30-11-18-38(56)40(30)49-39)48-31-13-15-32(16-14-31)52-25-23-51(24-26-52)22-7-20-46-36-9-6-8-33(35(36)28-55)43(58)50(4)37-17-10-29(2)47-42(37)57/h5-6,8-9,12-16,19,27-28,37-38,46,56H,1-3,7,10-11,17-18,20-26H2,4H3,(H,47,57)/b34-27+,48-41?. The smallest absolute Gasteiger partial charge is 0.278 e. The van der Waals surface area contributed by atoms with E-state index in [0.717, 1.165) is 56.8 Å². The molecule has 3 N–H and O–H groups in total. The molecule has 306 valence electrons. The molecule has 1 aromatic heterocycles. The quantitative estimate of drug-likeness (QED) is 0.0699. The molecule has 3 aromatic rings. The number of pyridine rings is 1. The number of likely N-dealkylation sites (N-methyl/N-ethyl adjacent to an activating group) is 1. The second kappa shape index (κ2) is 18.0. The van der Waals surface area contributed by atoms with Crippen LogP contribution in [0.15, 0.2) is 101 Å². The van der Waals surface area contributed by atoms with Gasteiger partial charge in [-0.2, -0.15) is 0 Å². The van der Waals surface area contributed by atoms with Crippen molar-refractivity contribution in [3.8, 4) is 0 Å². The summed E-state index contributed by atoms with van der Waals surface area (Å²) in [6, 6.07) is 16.2. The van der Waals surface area contributed by atoms with Crippen LogP contribution in [0.1, 0.15) is 63.8 Å². The minimum Gasteiger partial charge on any atom is -0.387 e.